The Morgan fingerprint density at radius 3 is 2.47 bits per heavy atom. The molecule has 0 unspecified atom stereocenters. The molecule has 1 aromatic carbocycles. The summed E-state index contributed by atoms with van der Waals surface area (Å²) in [6, 6.07) is 4.81. The summed E-state index contributed by atoms with van der Waals surface area (Å²) in [5.74, 6) is 0.802. The van der Waals surface area contributed by atoms with E-state index in [1.165, 1.54) is 6.92 Å². The molecule has 1 aliphatic heterocycles. The highest BCUT2D eigenvalue weighted by Gasteiger charge is 2.38. The SMILES string of the molecule is CC(=O)NC1(c2noc(CCC(=O)NNC(=O)c3ccc4c(c3)OCCO4)n2)CCCCCC1. The summed E-state index contributed by atoms with van der Waals surface area (Å²) in [7, 11) is 0. The Morgan fingerprint density at radius 1 is 1.00 bits per heavy atom. The highest BCUT2D eigenvalue weighted by atomic mass is 16.6. The first kappa shape index (κ1) is 23.5. The molecule has 2 aliphatic rings. The minimum Gasteiger partial charge on any atom is -0.486 e. The van der Waals surface area contributed by atoms with Crippen LogP contribution in [0.5, 0.6) is 11.5 Å². The summed E-state index contributed by atoms with van der Waals surface area (Å²) in [5.41, 5.74) is 4.47. The highest BCUT2D eigenvalue weighted by Crippen LogP contribution is 2.34. The standard InChI is InChI=1S/C23H29N5O6/c1-15(29)25-23(10-4-2-3-5-11-23)22-24-20(34-28-22)9-8-19(30)26-27-21(31)16-6-7-17-18(14-16)33-13-12-32-17/h6-7,14H,2-5,8-13H2,1H3,(H,25,29)(H,26,30)(H,27,31). The van der Waals surface area contributed by atoms with Gasteiger partial charge in [-0.25, -0.2) is 0 Å². The monoisotopic (exact) mass is 471 g/mol. The molecule has 1 aliphatic carbocycles. The fourth-order valence-corrected chi connectivity index (χ4v) is 4.29. The van der Waals surface area contributed by atoms with Crippen molar-refractivity contribution in [2.75, 3.05) is 13.2 Å². The van der Waals surface area contributed by atoms with Crippen molar-refractivity contribution in [1.82, 2.24) is 26.3 Å². The van der Waals surface area contributed by atoms with Gasteiger partial charge in [0.2, 0.25) is 17.7 Å². The van der Waals surface area contributed by atoms with E-state index in [1.54, 1.807) is 18.2 Å². The number of hydrazine groups is 1. The molecule has 3 N–H and O–H groups in total. The Bertz CT molecular complexity index is 1040. The lowest BCUT2D eigenvalue weighted by Gasteiger charge is -2.30. The van der Waals surface area contributed by atoms with Crippen LogP contribution in [0.15, 0.2) is 22.7 Å². The Hall–Kier alpha value is -3.63. The number of rotatable bonds is 6. The maximum atomic E-state index is 12.3. The number of nitrogens with one attached hydrogen (secondary N) is 3. The van der Waals surface area contributed by atoms with E-state index in [1.807, 2.05) is 0 Å². The first-order valence-corrected chi connectivity index (χ1v) is 11.6. The minimum absolute atomic E-state index is 0.0379. The molecule has 0 atom stereocenters. The van der Waals surface area contributed by atoms with Gasteiger partial charge in [0.1, 0.15) is 18.8 Å². The number of aromatic nitrogens is 2. The second-order valence-corrected chi connectivity index (χ2v) is 8.55. The lowest BCUT2D eigenvalue weighted by atomic mass is 9.89. The number of ether oxygens (including phenoxy) is 2. The predicted octanol–water partition coefficient (Wildman–Crippen LogP) is 1.92. The summed E-state index contributed by atoms with van der Waals surface area (Å²) >= 11 is 0. The van der Waals surface area contributed by atoms with Crippen molar-refractivity contribution < 1.29 is 28.4 Å². The minimum atomic E-state index is -0.635. The predicted molar refractivity (Wildman–Crippen MR) is 119 cm³/mol. The van der Waals surface area contributed by atoms with Crippen LogP contribution in [0, 0.1) is 0 Å². The molecule has 2 aromatic rings. The summed E-state index contributed by atoms with van der Waals surface area (Å²) in [6.45, 7) is 2.36. The van der Waals surface area contributed by atoms with Gasteiger partial charge in [-0.05, 0) is 31.0 Å². The number of amides is 3. The van der Waals surface area contributed by atoms with E-state index >= 15 is 0 Å². The van der Waals surface area contributed by atoms with Crippen molar-refractivity contribution in [3.63, 3.8) is 0 Å². The fourth-order valence-electron chi connectivity index (χ4n) is 4.29. The molecule has 0 saturated heterocycles. The third-order valence-corrected chi connectivity index (χ3v) is 5.95. The molecule has 1 fully saturated rings. The normalized spacial score (nSPS) is 16.7. The highest BCUT2D eigenvalue weighted by molar-refractivity contribution is 5.96. The van der Waals surface area contributed by atoms with E-state index in [2.05, 4.69) is 26.3 Å². The molecular weight excluding hydrogens is 442 g/mol. The quantitative estimate of drug-likeness (QED) is 0.428. The number of carbonyl (C=O) groups excluding carboxylic acids is 3. The summed E-state index contributed by atoms with van der Waals surface area (Å²) in [4.78, 5) is 40.9. The molecule has 3 amide bonds. The Kier molecular flexibility index (Phi) is 7.29. The van der Waals surface area contributed by atoms with Crippen LogP contribution in [0.25, 0.3) is 0 Å². The van der Waals surface area contributed by atoms with Crippen molar-refractivity contribution in [2.45, 2.75) is 63.8 Å². The molecule has 4 rings (SSSR count). The topological polar surface area (TPSA) is 145 Å². The van der Waals surface area contributed by atoms with Crippen LogP contribution in [-0.2, 0) is 21.5 Å². The molecule has 11 nitrogen and oxygen atoms in total. The lowest BCUT2D eigenvalue weighted by Crippen LogP contribution is -2.45. The Labute approximate surface area is 196 Å². The molecule has 11 heteroatoms. The van der Waals surface area contributed by atoms with Gasteiger partial charge in [0, 0.05) is 25.3 Å². The van der Waals surface area contributed by atoms with Crippen molar-refractivity contribution in [3.8, 4) is 11.5 Å². The van der Waals surface area contributed by atoms with Gasteiger partial charge in [0.05, 0.1) is 0 Å². The van der Waals surface area contributed by atoms with E-state index in [9.17, 15) is 14.4 Å². The van der Waals surface area contributed by atoms with Crippen molar-refractivity contribution in [3.05, 3.63) is 35.5 Å². The Balaban J connectivity index is 1.29. The summed E-state index contributed by atoms with van der Waals surface area (Å²) < 4.78 is 16.3. The van der Waals surface area contributed by atoms with Gasteiger partial charge in [0.25, 0.3) is 5.91 Å². The molecule has 0 radical (unpaired) electrons. The van der Waals surface area contributed by atoms with Crippen molar-refractivity contribution >= 4 is 17.7 Å². The smallest absolute Gasteiger partial charge is 0.269 e. The zero-order valence-electron chi connectivity index (χ0n) is 19.1. The van der Waals surface area contributed by atoms with Crippen LogP contribution < -0.4 is 25.6 Å². The number of carbonyl (C=O) groups is 3. The van der Waals surface area contributed by atoms with Crippen LogP contribution in [-0.4, -0.2) is 41.1 Å². The summed E-state index contributed by atoms with van der Waals surface area (Å²) in [6.07, 6.45) is 5.88. The average molecular weight is 472 g/mol. The zero-order valence-corrected chi connectivity index (χ0v) is 19.1. The van der Waals surface area contributed by atoms with E-state index < -0.39 is 17.4 Å². The van der Waals surface area contributed by atoms with Gasteiger partial charge in [-0.3, -0.25) is 25.2 Å². The number of aryl methyl sites for hydroxylation is 1. The van der Waals surface area contributed by atoms with E-state index in [4.69, 9.17) is 14.0 Å². The van der Waals surface area contributed by atoms with E-state index in [-0.39, 0.29) is 18.7 Å². The van der Waals surface area contributed by atoms with E-state index in [0.717, 1.165) is 38.5 Å². The largest absolute Gasteiger partial charge is 0.486 e. The Morgan fingerprint density at radius 2 is 1.74 bits per heavy atom. The van der Waals surface area contributed by atoms with Gasteiger partial charge >= 0.3 is 0 Å². The zero-order chi connectivity index (χ0) is 24.0. The second kappa shape index (κ2) is 10.5. The molecule has 0 bridgehead atoms. The first-order valence-electron chi connectivity index (χ1n) is 11.6. The van der Waals surface area contributed by atoms with E-state index in [0.29, 0.717) is 42.0 Å². The first-order chi connectivity index (χ1) is 16.4. The van der Waals surface area contributed by atoms with Crippen molar-refractivity contribution in [2.24, 2.45) is 0 Å². The number of hydrogen-bond donors (Lipinski definition) is 3. The number of hydrogen-bond acceptors (Lipinski definition) is 8. The van der Waals surface area contributed by atoms with Gasteiger partial charge in [-0.1, -0.05) is 30.8 Å². The maximum absolute atomic E-state index is 12.3. The van der Waals surface area contributed by atoms with Gasteiger partial charge in [0.15, 0.2) is 17.3 Å². The lowest BCUT2D eigenvalue weighted by molar-refractivity contribution is -0.122. The molecule has 0 spiro atoms. The van der Waals surface area contributed by atoms with Gasteiger partial charge < -0.3 is 19.3 Å². The molecule has 34 heavy (non-hydrogen) atoms. The third-order valence-electron chi connectivity index (χ3n) is 5.95. The van der Waals surface area contributed by atoms with Crippen molar-refractivity contribution in [1.29, 1.82) is 0 Å². The number of benzene rings is 1. The number of nitrogens with zero attached hydrogens (tertiary/aromatic N) is 2. The average Bonchev–Trinajstić information content (AvgIpc) is 3.20. The molecular formula is C23H29N5O6. The molecule has 1 saturated carbocycles. The second-order valence-electron chi connectivity index (χ2n) is 8.55. The van der Waals surface area contributed by atoms with Crippen LogP contribution in [0.3, 0.4) is 0 Å². The number of fused-ring (bicyclic) bond motifs is 1. The fraction of sp³-hybridized carbons (Fsp3) is 0.522. The molecule has 1 aromatic heterocycles. The third kappa shape index (κ3) is 5.64. The van der Waals surface area contributed by atoms with Gasteiger partial charge in [-0.2, -0.15) is 4.98 Å². The maximum Gasteiger partial charge on any atom is 0.269 e. The summed E-state index contributed by atoms with van der Waals surface area (Å²) in [5, 5.41) is 7.14. The van der Waals surface area contributed by atoms with Crippen LogP contribution >= 0.6 is 0 Å². The molecule has 182 valence electrons. The van der Waals surface area contributed by atoms with Crippen LogP contribution in [0.2, 0.25) is 0 Å². The molecule has 2 heterocycles. The van der Waals surface area contributed by atoms with Gasteiger partial charge in [-0.15, -0.1) is 0 Å². The van der Waals surface area contributed by atoms with Crippen LogP contribution in [0.1, 0.15) is 73.9 Å². The van der Waals surface area contributed by atoms with Crippen LogP contribution in [0.4, 0.5) is 0 Å².